The number of ether oxygens (including phenoxy) is 2. The van der Waals surface area contributed by atoms with Crippen molar-refractivity contribution < 1.29 is 37.4 Å². The summed E-state index contributed by atoms with van der Waals surface area (Å²) in [5.41, 5.74) is 6.55. The third-order valence-electron chi connectivity index (χ3n) is 13.6. The average molecular weight is 1010 g/mol. The fourth-order valence-electron chi connectivity index (χ4n) is 9.79. The van der Waals surface area contributed by atoms with Crippen LogP contribution in [0.5, 0.6) is 0 Å². The lowest BCUT2D eigenvalue weighted by molar-refractivity contribution is -0.137. The number of nitrogens with one attached hydrogen (secondary N) is 4. The molecule has 4 amide bonds. The summed E-state index contributed by atoms with van der Waals surface area (Å²) in [6.07, 6.45) is 8.48. The summed E-state index contributed by atoms with van der Waals surface area (Å²) in [6, 6.07) is 21.3. The van der Waals surface area contributed by atoms with Crippen LogP contribution in [0, 0.1) is 17.6 Å². The van der Waals surface area contributed by atoms with Crippen LogP contribution >= 0.6 is 11.6 Å². The van der Waals surface area contributed by atoms with Gasteiger partial charge in [-0.05, 0) is 105 Å². The van der Waals surface area contributed by atoms with Gasteiger partial charge >= 0.3 is 0 Å². The predicted octanol–water partition coefficient (Wildman–Crippen LogP) is 7.57. The fourth-order valence-corrected chi connectivity index (χ4v) is 9.96. The molecule has 4 N–H and O–H groups in total. The number of benzene rings is 4. The lowest BCUT2D eigenvalue weighted by atomic mass is 9.86. The third kappa shape index (κ3) is 11.3. The molecule has 5 heterocycles. The van der Waals surface area contributed by atoms with Crippen molar-refractivity contribution in [3.05, 3.63) is 136 Å². The number of hydrogen-bond donors (Lipinski definition) is 4. The van der Waals surface area contributed by atoms with Gasteiger partial charge in [-0.3, -0.25) is 29.5 Å². The highest BCUT2D eigenvalue weighted by Crippen LogP contribution is 2.36. The van der Waals surface area contributed by atoms with Gasteiger partial charge in [0.1, 0.15) is 23.4 Å². The van der Waals surface area contributed by atoms with Crippen LogP contribution in [0.3, 0.4) is 0 Å². The minimum absolute atomic E-state index is 0.121. The molecule has 10 rings (SSSR count). The van der Waals surface area contributed by atoms with Crippen molar-refractivity contribution in [2.24, 2.45) is 10.9 Å². The number of hydrogen-bond acceptors (Lipinski definition) is 13. The molecule has 1 atom stereocenters. The van der Waals surface area contributed by atoms with E-state index < -0.39 is 23.6 Å². The molecule has 1 unspecified atom stereocenters. The highest BCUT2D eigenvalue weighted by Gasteiger charge is 2.39. The summed E-state index contributed by atoms with van der Waals surface area (Å²) in [6.45, 7) is 3.56. The van der Waals surface area contributed by atoms with Crippen molar-refractivity contribution in [2.75, 3.05) is 50.2 Å². The van der Waals surface area contributed by atoms with E-state index in [4.69, 9.17) is 26.1 Å². The molecule has 6 aromatic rings. The van der Waals surface area contributed by atoms with Crippen molar-refractivity contribution >= 4 is 58.3 Å². The van der Waals surface area contributed by atoms with Crippen LogP contribution in [0.2, 0.25) is 5.02 Å². The number of imide groups is 1. The zero-order valence-electron chi connectivity index (χ0n) is 39.7. The topological polar surface area (TPSA) is 207 Å². The first-order valence-corrected chi connectivity index (χ1v) is 24.8. The van der Waals surface area contributed by atoms with E-state index in [0.29, 0.717) is 75.9 Å². The maximum Gasteiger partial charge on any atom is 0.255 e. The van der Waals surface area contributed by atoms with Crippen molar-refractivity contribution in [3.8, 4) is 22.5 Å². The molecule has 20 heteroatoms. The molecule has 0 radical (unpaired) electrons. The number of carbonyl (C=O) groups is 4. The zero-order valence-corrected chi connectivity index (χ0v) is 40.5. The standard InChI is InChI=1S/C53H52ClF2N11O6/c54-35-8-14-40-41(25-35)50(48-42(55)2-1-3-43(48)56)58-27-34-28-59-53(63-49(34)40)61-36-9-6-32(7-10-36)44-30-67(65-64-44)38-12-4-31(5-13-38)26-57-19-21-73-23-22-72-20-18-47(69)60-37-11-15-39-33(24-37)29-66(52(39)71)45-16-17-46(68)62-51(45)70/h1-3,6-11,14-15,24-25,28,30-31,38,45,57H,4-5,12-13,16-23,26-27,29H2,(H,60,69)(H,59,61,63)(H,62,68,70)/t31-,38+,45?. The van der Waals surface area contributed by atoms with Crippen LogP contribution in [0.1, 0.15) is 83.6 Å². The number of piperidine rings is 1. The van der Waals surface area contributed by atoms with Gasteiger partial charge in [0.25, 0.3) is 5.91 Å². The molecular formula is C53H52ClF2N11O6. The molecular weight excluding hydrogens is 960 g/mol. The number of amides is 4. The number of carbonyl (C=O) groups excluding carboxylic acids is 4. The number of aromatic nitrogens is 5. The second kappa shape index (κ2) is 22.2. The molecule has 4 aromatic carbocycles. The normalized spacial score (nSPS) is 18.3. The molecule has 1 aliphatic carbocycles. The molecule has 0 bridgehead atoms. The van der Waals surface area contributed by atoms with Gasteiger partial charge < -0.3 is 30.3 Å². The van der Waals surface area contributed by atoms with E-state index >= 15 is 0 Å². The Morgan fingerprint density at radius 1 is 0.836 bits per heavy atom. The Morgan fingerprint density at radius 3 is 2.40 bits per heavy atom. The molecule has 17 nitrogen and oxygen atoms in total. The fraction of sp³-hybridized carbons (Fsp3) is 0.340. The Labute approximate surface area is 424 Å². The Balaban J connectivity index is 0.607. The van der Waals surface area contributed by atoms with Gasteiger partial charge in [0, 0.05) is 69.9 Å². The molecule has 1 saturated heterocycles. The molecule has 2 aromatic heterocycles. The van der Waals surface area contributed by atoms with Gasteiger partial charge in [0.05, 0.1) is 68.6 Å². The maximum absolute atomic E-state index is 15.0. The van der Waals surface area contributed by atoms with Gasteiger partial charge in [-0.1, -0.05) is 41.1 Å². The summed E-state index contributed by atoms with van der Waals surface area (Å²) in [5.74, 6) is -1.81. The first-order valence-electron chi connectivity index (χ1n) is 24.4. The first-order chi connectivity index (χ1) is 35.5. The number of anilines is 3. The summed E-state index contributed by atoms with van der Waals surface area (Å²) in [4.78, 5) is 64.8. The van der Waals surface area contributed by atoms with Gasteiger partial charge in [0.15, 0.2) is 0 Å². The van der Waals surface area contributed by atoms with Gasteiger partial charge in [0.2, 0.25) is 23.7 Å². The average Bonchev–Trinajstić information content (AvgIpc) is 3.97. The summed E-state index contributed by atoms with van der Waals surface area (Å²) >= 11 is 6.38. The van der Waals surface area contributed by atoms with Crippen LogP contribution in [0.15, 0.2) is 96.2 Å². The van der Waals surface area contributed by atoms with Crippen molar-refractivity contribution in [1.29, 1.82) is 0 Å². The second-order valence-corrected chi connectivity index (χ2v) is 18.9. The third-order valence-corrected chi connectivity index (χ3v) is 13.8. The van der Waals surface area contributed by atoms with E-state index in [9.17, 15) is 28.0 Å². The van der Waals surface area contributed by atoms with Crippen LogP contribution in [0.4, 0.5) is 26.1 Å². The second-order valence-electron chi connectivity index (χ2n) is 18.5. The largest absolute Gasteiger partial charge is 0.379 e. The molecule has 73 heavy (non-hydrogen) atoms. The lowest BCUT2D eigenvalue weighted by Crippen LogP contribution is -2.52. The number of nitrogens with zero attached hydrogens (tertiary/aromatic N) is 7. The van der Waals surface area contributed by atoms with Crippen LogP contribution in [-0.2, 0) is 36.9 Å². The Morgan fingerprint density at radius 2 is 1.60 bits per heavy atom. The van der Waals surface area contributed by atoms with Crippen LogP contribution in [0.25, 0.3) is 22.5 Å². The molecule has 4 aliphatic rings. The Kier molecular flexibility index (Phi) is 15.0. The first kappa shape index (κ1) is 49.3. The SMILES string of the molecule is O=C1CCC(N2Cc3cc(NC(=O)CCOCCOCCNC[C@H]4CC[C@@H](n5cc(-c6ccc(Nc7ncc8c(n7)-c7ccc(Cl)cc7C(c7c(F)cccc7F)=NC8)cc6)nn5)CC4)ccc3C2=O)C(=O)N1. The number of halogens is 3. The van der Waals surface area contributed by atoms with Gasteiger partial charge in [-0.25, -0.2) is 23.4 Å². The summed E-state index contributed by atoms with van der Waals surface area (Å²) in [5, 5.41) is 21.3. The number of aliphatic imine (C=N–C) groups is 1. The van der Waals surface area contributed by atoms with Crippen molar-refractivity contribution in [3.63, 3.8) is 0 Å². The monoisotopic (exact) mass is 1010 g/mol. The van der Waals surface area contributed by atoms with Crippen molar-refractivity contribution in [2.45, 2.75) is 70.1 Å². The van der Waals surface area contributed by atoms with E-state index in [1.54, 1.807) is 42.6 Å². The molecule has 2 fully saturated rings. The smallest absolute Gasteiger partial charge is 0.255 e. The van der Waals surface area contributed by atoms with Gasteiger partial charge in [-0.2, -0.15) is 0 Å². The van der Waals surface area contributed by atoms with Crippen LogP contribution < -0.4 is 21.3 Å². The quantitative estimate of drug-likeness (QED) is 0.0486. The Hall–Kier alpha value is -7.32. The summed E-state index contributed by atoms with van der Waals surface area (Å²) in [7, 11) is 0. The van der Waals surface area contributed by atoms with E-state index in [-0.39, 0.29) is 74.0 Å². The molecule has 1 saturated carbocycles. The zero-order chi connectivity index (χ0) is 50.4. The number of rotatable bonds is 18. The molecule has 3 aliphatic heterocycles. The predicted molar refractivity (Wildman–Crippen MR) is 268 cm³/mol. The summed E-state index contributed by atoms with van der Waals surface area (Å²) < 4.78 is 43.3. The highest BCUT2D eigenvalue weighted by molar-refractivity contribution is 6.31. The molecule has 376 valence electrons. The van der Waals surface area contributed by atoms with E-state index in [1.807, 2.05) is 35.1 Å². The van der Waals surface area contributed by atoms with E-state index in [2.05, 4.69) is 41.6 Å². The maximum atomic E-state index is 15.0. The lowest BCUT2D eigenvalue weighted by Gasteiger charge is -2.29. The molecule has 0 spiro atoms. The highest BCUT2D eigenvalue weighted by atomic mass is 35.5. The van der Waals surface area contributed by atoms with Gasteiger partial charge in [-0.15, -0.1) is 5.10 Å². The van der Waals surface area contributed by atoms with E-state index in [1.165, 1.54) is 23.1 Å². The number of fused-ring (bicyclic) bond motifs is 4. The van der Waals surface area contributed by atoms with Crippen LogP contribution in [-0.4, -0.2) is 105 Å². The van der Waals surface area contributed by atoms with E-state index in [0.717, 1.165) is 55.7 Å². The minimum Gasteiger partial charge on any atom is -0.379 e. The van der Waals surface area contributed by atoms with Crippen molar-refractivity contribution in [1.82, 2.24) is 40.5 Å². The minimum atomic E-state index is -0.717. The Bertz CT molecular complexity index is 3070.